The lowest BCUT2D eigenvalue weighted by Gasteiger charge is -2.43. The average molecular weight is 490 g/mol. The summed E-state index contributed by atoms with van der Waals surface area (Å²) < 4.78 is 39.8. The molecule has 3 aromatic rings. The Morgan fingerprint density at radius 3 is 2.88 bits per heavy atom. The van der Waals surface area contributed by atoms with Crippen LogP contribution >= 0.6 is 11.3 Å². The summed E-state index contributed by atoms with van der Waals surface area (Å²) in [6.07, 6.45) is 1.38. The van der Waals surface area contributed by atoms with Gasteiger partial charge in [-0.05, 0) is 18.1 Å². The van der Waals surface area contributed by atoms with Crippen LogP contribution in [0.4, 0.5) is 8.78 Å². The summed E-state index contributed by atoms with van der Waals surface area (Å²) in [5.41, 5.74) is -0.546. The molecular weight excluding hydrogens is 470 g/mol. The quantitative estimate of drug-likeness (QED) is 0.584. The molecule has 2 aromatic heterocycles. The molecule has 1 amide bonds. The van der Waals surface area contributed by atoms with Crippen molar-refractivity contribution < 1.29 is 28.2 Å². The van der Waals surface area contributed by atoms with E-state index < -0.39 is 34.9 Å². The maximum atomic E-state index is 14.0. The Morgan fingerprint density at radius 1 is 1.29 bits per heavy atom. The van der Waals surface area contributed by atoms with Gasteiger partial charge < -0.3 is 24.0 Å². The van der Waals surface area contributed by atoms with Gasteiger partial charge in [0.2, 0.25) is 5.43 Å². The first kappa shape index (κ1) is 22.6. The molecule has 2 aliphatic heterocycles. The van der Waals surface area contributed by atoms with Crippen LogP contribution in [0.15, 0.2) is 29.2 Å². The molecule has 2 atom stereocenters. The van der Waals surface area contributed by atoms with Gasteiger partial charge in [-0.15, -0.1) is 10.2 Å². The Balaban J connectivity index is 1.46. The summed E-state index contributed by atoms with van der Waals surface area (Å²) in [4.78, 5) is 27.4. The number of fused-ring (bicyclic) bond motifs is 2. The molecule has 5 rings (SSSR count). The van der Waals surface area contributed by atoms with Crippen LogP contribution in [0.5, 0.6) is 5.75 Å². The van der Waals surface area contributed by atoms with E-state index in [0.29, 0.717) is 24.6 Å². The number of amides is 1. The molecular formula is C22H20F2N4O5S. The Hall–Kier alpha value is -3.22. The van der Waals surface area contributed by atoms with Crippen molar-refractivity contribution in [3.8, 4) is 16.3 Å². The van der Waals surface area contributed by atoms with Crippen LogP contribution in [0.1, 0.15) is 27.5 Å². The predicted octanol–water partition coefficient (Wildman–Crippen LogP) is 2.16. The lowest BCUT2D eigenvalue weighted by atomic mass is 10.1. The van der Waals surface area contributed by atoms with Gasteiger partial charge >= 0.3 is 0 Å². The monoisotopic (exact) mass is 490 g/mol. The van der Waals surface area contributed by atoms with E-state index >= 15 is 0 Å². The number of aromatic nitrogens is 3. The third-order valence-electron chi connectivity index (χ3n) is 5.87. The lowest BCUT2D eigenvalue weighted by Crippen LogP contribution is -2.55. The second-order valence-electron chi connectivity index (χ2n) is 8.09. The normalized spacial score (nSPS) is 19.7. The number of carbonyl (C=O) groups excluding carboxylic acids is 1. The number of carbonyl (C=O) groups is 1. The molecule has 1 saturated heterocycles. The van der Waals surface area contributed by atoms with Gasteiger partial charge in [0.1, 0.15) is 16.6 Å². The SMILES string of the molecule is COC[C@H]1CCN2C(=O)c3c(O)c(=O)c(-c4nnc(Cc5ccc(F)cc5F)s4)cn3C[C@H]2O1. The fraction of sp³-hybridized carbons (Fsp3) is 0.364. The van der Waals surface area contributed by atoms with E-state index in [1.807, 2.05) is 0 Å². The number of ether oxygens (including phenoxy) is 2. The van der Waals surface area contributed by atoms with E-state index in [1.165, 1.54) is 21.7 Å². The molecule has 2 aliphatic rings. The number of nitrogens with zero attached hydrogens (tertiary/aromatic N) is 4. The highest BCUT2D eigenvalue weighted by Crippen LogP contribution is 2.31. The molecule has 1 N–H and O–H groups in total. The molecule has 0 bridgehead atoms. The van der Waals surface area contributed by atoms with E-state index in [-0.39, 0.29) is 40.9 Å². The smallest absolute Gasteiger partial charge is 0.276 e. The molecule has 0 unspecified atom stereocenters. The number of rotatable bonds is 5. The fourth-order valence-corrected chi connectivity index (χ4v) is 5.08. The van der Waals surface area contributed by atoms with E-state index in [4.69, 9.17) is 9.47 Å². The summed E-state index contributed by atoms with van der Waals surface area (Å²) in [6.45, 7) is 1.04. The van der Waals surface area contributed by atoms with E-state index in [9.17, 15) is 23.5 Å². The maximum absolute atomic E-state index is 14.0. The average Bonchev–Trinajstić information content (AvgIpc) is 3.26. The Morgan fingerprint density at radius 2 is 2.12 bits per heavy atom. The van der Waals surface area contributed by atoms with Crippen molar-refractivity contribution in [3.63, 3.8) is 0 Å². The molecule has 0 radical (unpaired) electrons. The maximum Gasteiger partial charge on any atom is 0.276 e. The molecule has 0 saturated carbocycles. The Labute approximate surface area is 196 Å². The first-order valence-corrected chi connectivity index (χ1v) is 11.4. The van der Waals surface area contributed by atoms with Crippen molar-refractivity contribution in [2.75, 3.05) is 20.3 Å². The molecule has 1 aromatic carbocycles. The number of aromatic hydroxyl groups is 1. The highest BCUT2D eigenvalue weighted by atomic mass is 32.1. The Bertz CT molecular complexity index is 1330. The summed E-state index contributed by atoms with van der Waals surface area (Å²) >= 11 is 1.05. The van der Waals surface area contributed by atoms with Crippen molar-refractivity contribution in [2.45, 2.75) is 31.7 Å². The minimum Gasteiger partial charge on any atom is -0.503 e. The van der Waals surface area contributed by atoms with Crippen molar-refractivity contribution in [2.24, 2.45) is 0 Å². The van der Waals surface area contributed by atoms with Gasteiger partial charge in [-0.2, -0.15) is 0 Å². The van der Waals surface area contributed by atoms with Crippen LogP contribution in [0.2, 0.25) is 0 Å². The van der Waals surface area contributed by atoms with Gasteiger partial charge in [0.15, 0.2) is 22.7 Å². The number of benzene rings is 1. The van der Waals surface area contributed by atoms with Gasteiger partial charge in [-0.3, -0.25) is 9.59 Å². The first-order chi connectivity index (χ1) is 16.4. The molecule has 9 nitrogen and oxygen atoms in total. The summed E-state index contributed by atoms with van der Waals surface area (Å²) in [5, 5.41) is 19.3. The molecule has 0 aliphatic carbocycles. The van der Waals surface area contributed by atoms with Crippen LogP contribution in [0.3, 0.4) is 0 Å². The standard InChI is InChI=1S/C22H20F2N4O5S/c1-32-10-13-4-5-28-17(33-13)9-27-8-14(19(29)20(30)18(27)22(28)31)21-26-25-16(34-21)6-11-2-3-12(23)7-15(11)24/h2-3,7-8,13,17,30H,4-6,9-10H2,1H3/t13-,17-/m1/s1. The summed E-state index contributed by atoms with van der Waals surface area (Å²) in [6, 6.07) is 3.26. The van der Waals surface area contributed by atoms with Crippen LogP contribution in [0, 0.1) is 11.6 Å². The van der Waals surface area contributed by atoms with Gasteiger partial charge in [0.25, 0.3) is 5.91 Å². The second-order valence-corrected chi connectivity index (χ2v) is 9.15. The van der Waals surface area contributed by atoms with Crippen molar-refractivity contribution in [3.05, 3.63) is 62.5 Å². The zero-order valence-electron chi connectivity index (χ0n) is 18.0. The molecule has 34 heavy (non-hydrogen) atoms. The van der Waals surface area contributed by atoms with Gasteiger partial charge in [-0.1, -0.05) is 17.4 Å². The van der Waals surface area contributed by atoms with E-state index in [2.05, 4.69) is 10.2 Å². The first-order valence-electron chi connectivity index (χ1n) is 10.5. The molecule has 4 heterocycles. The van der Waals surface area contributed by atoms with Crippen LogP contribution in [0.25, 0.3) is 10.6 Å². The lowest BCUT2D eigenvalue weighted by molar-refractivity contribution is -0.149. The Kier molecular flexibility index (Phi) is 5.88. The van der Waals surface area contributed by atoms with Crippen molar-refractivity contribution in [1.82, 2.24) is 19.7 Å². The van der Waals surface area contributed by atoms with Gasteiger partial charge in [-0.25, -0.2) is 8.78 Å². The van der Waals surface area contributed by atoms with Gasteiger partial charge in [0, 0.05) is 32.3 Å². The predicted molar refractivity (Wildman–Crippen MR) is 117 cm³/mol. The highest BCUT2D eigenvalue weighted by Gasteiger charge is 2.40. The third-order valence-corrected chi connectivity index (χ3v) is 6.82. The molecule has 1 fully saturated rings. The number of halogens is 2. The van der Waals surface area contributed by atoms with E-state index in [0.717, 1.165) is 23.5 Å². The number of pyridine rings is 1. The molecule has 0 spiro atoms. The summed E-state index contributed by atoms with van der Waals surface area (Å²) in [7, 11) is 1.58. The third kappa shape index (κ3) is 3.97. The summed E-state index contributed by atoms with van der Waals surface area (Å²) in [5.74, 6) is -2.54. The second kappa shape index (κ2) is 8.85. The van der Waals surface area contributed by atoms with Crippen LogP contribution in [-0.4, -0.2) is 63.3 Å². The zero-order valence-corrected chi connectivity index (χ0v) is 18.8. The van der Waals surface area contributed by atoms with Crippen LogP contribution in [-0.2, 0) is 22.4 Å². The minimum atomic E-state index is -0.746. The highest BCUT2D eigenvalue weighted by molar-refractivity contribution is 7.14. The minimum absolute atomic E-state index is 0.0618. The van der Waals surface area contributed by atoms with Crippen molar-refractivity contribution >= 4 is 17.2 Å². The number of hydrogen-bond donors (Lipinski definition) is 1. The van der Waals surface area contributed by atoms with Crippen LogP contribution < -0.4 is 5.43 Å². The topological polar surface area (TPSA) is 107 Å². The van der Waals surface area contributed by atoms with Gasteiger partial charge in [0.05, 0.1) is 24.8 Å². The number of methoxy groups -OCH3 is 1. The number of hydrogen-bond acceptors (Lipinski definition) is 8. The van der Waals surface area contributed by atoms with E-state index in [1.54, 1.807) is 7.11 Å². The fourth-order valence-electron chi connectivity index (χ4n) is 4.21. The molecule has 178 valence electrons. The largest absolute Gasteiger partial charge is 0.503 e. The van der Waals surface area contributed by atoms with Crippen molar-refractivity contribution in [1.29, 1.82) is 0 Å². The zero-order chi connectivity index (χ0) is 24.0. The molecule has 12 heteroatoms.